The van der Waals surface area contributed by atoms with Crippen molar-refractivity contribution in [3.8, 4) is 0 Å². The number of hydrogen-bond donors (Lipinski definition) is 1. The second-order valence-electron chi connectivity index (χ2n) is 7.03. The molecule has 9 heteroatoms. The van der Waals surface area contributed by atoms with Gasteiger partial charge >= 0.3 is 0 Å². The lowest BCUT2D eigenvalue weighted by Crippen LogP contribution is -2.48. The molecule has 0 aliphatic heterocycles. The molecule has 2 aromatic rings. The molecule has 0 aliphatic carbocycles. The maximum atomic E-state index is 13.0. The fraction of sp³-hybridized carbons (Fsp3) is 0.364. The first-order chi connectivity index (χ1) is 14.8. The lowest BCUT2D eigenvalue weighted by atomic mass is 10.1. The zero-order valence-electron chi connectivity index (χ0n) is 17.5. The number of nitro benzene ring substituents is 1. The number of nitrogens with zero attached hydrogens (tertiary/aromatic N) is 2. The number of benzene rings is 2. The van der Waals surface area contributed by atoms with E-state index in [0.29, 0.717) is 18.8 Å². The maximum Gasteiger partial charge on any atom is 0.269 e. The number of carbonyl (C=O) groups is 2. The fourth-order valence-electron chi connectivity index (χ4n) is 2.82. The largest absolute Gasteiger partial charge is 0.354 e. The van der Waals surface area contributed by atoms with Crippen molar-refractivity contribution in [3.05, 3.63) is 74.2 Å². The molecule has 2 amide bonds. The van der Waals surface area contributed by atoms with Crippen LogP contribution in [0.3, 0.4) is 0 Å². The molecule has 7 nitrogen and oxygen atoms in total. The first kappa shape index (κ1) is 24.9. The molecule has 0 heterocycles. The molecule has 1 N–H and O–H groups in total. The van der Waals surface area contributed by atoms with Crippen LogP contribution in [0.25, 0.3) is 0 Å². The van der Waals surface area contributed by atoms with E-state index in [1.165, 1.54) is 23.9 Å². The van der Waals surface area contributed by atoms with Crippen LogP contribution >= 0.6 is 27.7 Å². The smallest absolute Gasteiger partial charge is 0.269 e. The molecule has 0 saturated carbocycles. The molecule has 166 valence electrons. The van der Waals surface area contributed by atoms with E-state index in [9.17, 15) is 19.7 Å². The molecule has 0 radical (unpaired) electrons. The Hall–Kier alpha value is -2.39. The van der Waals surface area contributed by atoms with Crippen LogP contribution in [0.15, 0.2) is 53.0 Å². The highest BCUT2D eigenvalue weighted by molar-refractivity contribution is 9.10. The molecule has 0 fully saturated rings. The van der Waals surface area contributed by atoms with Gasteiger partial charge in [0, 0.05) is 35.4 Å². The summed E-state index contributed by atoms with van der Waals surface area (Å²) >= 11 is 4.82. The highest BCUT2D eigenvalue weighted by atomic mass is 79.9. The maximum absolute atomic E-state index is 13.0. The predicted molar refractivity (Wildman–Crippen MR) is 127 cm³/mol. The third kappa shape index (κ3) is 7.99. The van der Waals surface area contributed by atoms with Crippen molar-refractivity contribution in [3.63, 3.8) is 0 Å². The lowest BCUT2D eigenvalue weighted by molar-refractivity contribution is -0.384. The summed E-state index contributed by atoms with van der Waals surface area (Å²) in [5.41, 5.74) is 1.88. The van der Waals surface area contributed by atoms with Gasteiger partial charge in [0.1, 0.15) is 6.04 Å². The number of halogens is 1. The fourth-order valence-corrected chi connectivity index (χ4v) is 3.95. The molecule has 1 atom stereocenters. The molecule has 0 saturated heterocycles. The van der Waals surface area contributed by atoms with Gasteiger partial charge in [0.2, 0.25) is 11.8 Å². The predicted octanol–water partition coefficient (Wildman–Crippen LogP) is 4.53. The Labute approximate surface area is 194 Å². The second kappa shape index (κ2) is 12.5. The summed E-state index contributed by atoms with van der Waals surface area (Å²) in [5, 5.41) is 13.6. The average molecular weight is 508 g/mol. The minimum absolute atomic E-state index is 0.0393. The van der Waals surface area contributed by atoms with E-state index < -0.39 is 11.0 Å². The molecule has 1 unspecified atom stereocenters. The summed E-state index contributed by atoms with van der Waals surface area (Å²) in [7, 11) is 0. The van der Waals surface area contributed by atoms with Gasteiger partial charge in [-0.25, -0.2) is 0 Å². The number of nitrogens with one attached hydrogen (secondary N) is 1. The van der Waals surface area contributed by atoms with Crippen LogP contribution in [-0.2, 0) is 21.9 Å². The molecule has 0 aromatic heterocycles. The average Bonchev–Trinajstić information content (AvgIpc) is 2.76. The van der Waals surface area contributed by atoms with E-state index in [4.69, 9.17) is 0 Å². The summed E-state index contributed by atoms with van der Waals surface area (Å²) in [6.45, 7) is 4.62. The summed E-state index contributed by atoms with van der Waals surface area (Å²) in [6, 6.07) is 13.4. The monoisotopic (exact) mass is 507 g/mol. The van der Waals surface area contributed by atoms with Gasteiger partial charge in [-0.1, -0.05) is 47.1 Å². The van der Waals surface area contributed by atoms with Gasteiger partial charge in [-0.05, 0) is 36.6 Å². The lowest BCUT2D eigenvalue weighted by Gasteiger charge is -2.28. The number of carbonyl (C=O) groups excluding carboxylic acids is 2. The third-order valence-corrected chi connectivity index (χ3v) is 6.14. The number of amides is 2. The highest BCUT2D eigenvalue weighted by Gasteiger charge is 2.25. The Kier molecular flexibility index (Phi) is 10.00. The molecular weight excluding hydrogens is 482 g/mol. The van der Waals surface area contributed by atoms with Gasteiger partial charge in [0.05, 0.1) is 10.7 Å². The van der Waals surface area contributed by atoms with Crippen LogP contribution in [-0.4, -0.2) is 40.0 Å². The van der Waals surface area contributed by atoms with Crippen molar-refractivity contribution in [2.24, 2.45) is 0 Å². The minimum Gasteiger partial charge on any atom is -0.354 e. The van der Waals surface area contributed by atoms with Crippen molar-refractivity contribution >= 4 is 45.2 Å². The molecule has 0 spiro atoms. The van der Waals surface area contributed by atoms with E-state index in [-0.39, 0.29) is 23.3 Å². The van der Waals surface area contributed by atoms with Crippen LogP contribution in [0.2, 0.25) is 0 Å². The van der Waals surface area contributed by atoms with Gasteiger partial charge in [-0.3, -0.25) is 19.7 Å². The summed E-state index contributed by atoms with van der Waals surface area (Å²) in [4.78, 5) is 37.4. The highest BCUT2D eigenvalue weighted by Crippen LogP contribution is 2.19. The minimum atomic E-state index is -0.595. The van der Waals surface area contributed by atoms with E-state index in [0.717, 1.165) is 22.0 Å². The van der Waals surface area contributed by atoms with Gasteiger partial charge in [0.15, 0.2) is 0 Å². The van der Waals surface area contributed by atoms with E-state index in [1.807, 2.05) is 31.2 Å². The SMILES string of the molecule is CCCNC(=O)C(C)N(Cc1ccc(Br)cc1)C(=O)CSCc1ccc([N+](=O)[O-])cc1. The van der Waals surface area contributed by atoms with Gasteiger partial charge in [-0.15, -0.1) is 11.8 Å². The quantitative estimate of drug-likeness (QED) is 0.356. The Morgan fingerprint density at radius 1 is 1.13 bits per heavy atom. The van der Waals surface area contributed by atoms with Crippen molar-refractivity contribution < 1.29 is 14.5 Å². The Morgan fingerprint density at radius 3 is 2.32 bits per heavy atom. The molecular formula is C22H26BrN3O4S. The summed E-state index contributed by atoms with van der Waals surface area (Å²) in [6.07, 6.45) is 0.824. The molecule has 2 aromatic carbocycles. The number of rotatable bonds is 11. The van der Waals surface area contributed by atoms with Crippen LogP contribution in [0.5, 0.6) is 0 Å². The normalized spacial score (nSPS) is 11.6. The van der Waals surface area contributed by atoms with Crippen LogP contribution < -0.4 is 5.32 Å². The second-order valence-corrected chi connectivity index (χ2v) is 8.93. The number of hydrogen-bond acceptors (Lipinski definition) is 5. The zero-order chi connectivity index (χ0) is 22.8. The third-order valence-electron chi connectivity index (χ3n) is 4.62. The van der Waals surface area contributed by atoms with E-state index in [2.05, 4.69) is 21.2 Å². The van der Waals surface area contributed by atoms with Crippen LogP contribution in [0.1, 0.15) is 31.4 Å². The van der Waals surface area contributed by atoms with Gasteiger partial charge < -0.3 is 10.2 Å². The van der Waals surface area contributed by atoms with E-state index in [1.54, 1.807) is 24.0 Å². The first-order valence-corrected chi connectivity index (χ1v) is 11.9. The van der Waals surface area contributed by atoms with Gasteiger partial charge in [-0.2, -0.15) is 0 Å². The standard InChI is InChI=1S/C22H26BrN3O4S/c1-3-12-24-22(28)16(2)25(13-17-4-8-19(23)9-5-17)21(27)15-31-14-18-6-10-20(11-7-18)26(29)30/h4-11,16H,3,12-15H2,1-2H3,(H,24,28). The van der Waals surface area contributed by atoms with Crippen molar-refractivity contribution in [1.82, 2.24) is 10.2 Å². The van der Waals surface area contributed by atoms with E-state index >= 15 is 0 Å². The topological polar surface area (TPSA) is 92.6 Å². The number of thioether (sulfide) groups is 1. The van der Waals surface area contributed by atoms with Gasteiger partial charge in [0.25, 0.3) is 5.69 Å². The molecule has 0 aliphatic rings. The Bertz CT molecular complexity index is 891. The Balaban J connectivity index is 2.02. The van der Waals surface area contributed by atoms with Crippen molar-refractivity contribution in [2.75, 3.05) is 12.3 Å². The van der Waals surface area contributed by atoms with Crippen molar-refractivity contribution in [2.45, 2.75) is 38.6 Å². The Morgan fingerprint density at radius 2 is 1.74 bits per heavy atom. The molecule has 0 bridgehead atoms. The first-order valence-electron chi connectivity index (χ1n) is 9.94. The number of nitro groups is 1. The molecule has 2 rings (SSSR count). The van der Waals surface area contributed by atoms with Crippen LogP contribution in [0, 0.1) is 10.1 Å². The zero-order valence-corrected chi connectivity index (χ0v) is 19.9. The molecule has 31 heavy (non-hydrogen) atoms. The van der Waals surface area contributed by atoms with Crippen LogP contribution in [0.4, 0.5) is 5.69 Å². The van der Waals surface area contributed by atoms with Crippen molar-refractivity contribution in [1.29, 1.82) is 0 Å². The summed E-state index contributed by atoms with van der Waals surface area (Å²) in [5.74, 6) is 0.451. The number of non-ortho nitro benzene ring substituents is 1. The summed E-state index contributed by atoms with van der Waals surface area (Å²) < 4.78 is 0.946.